The molecule has 1 fully saturated rings. The molecule has 1 aromatic carbocycles. The number of aromatic hydroxyl groups is 1. The van der Waals surface area contributed by atoms with Crippen molar-refractivity contribution >= 4 is 28.6 Å². The molecule has 2 aromatic heterocycles. The molecule has 1 aliphatic heterocycles. The number of rotatable bonds is 4. The molecular formula is C22H22ClFN4O3. The number of benzene rings is 1. The molecule has 3 aromatic rings. The molecule has 9 heteroatoms. The van der Waals surface area contributed by atoms with E-state index < -0.39 is 11.9 Å². The lowest BCUT2D eigenvalue weighted by atomic mass is 9.97. The predicted octanol–water partition coefficient (Wildman–Crippen LogP) is 3.99. The molecular weight excluding hydrogens is 423 g/mol. The first kappa shape index (κ1) is 21.3. The Morgan fingerprint density at radius 1 is 1.26 bits per heavy atom. The second-order valence-corrected chi connectivity index (χ2v) is 7.63. The van der Waals surface area contributed by atoms with Crippen LogP contribution in [0.25, 0.3) is 10.9 Å². The van der Waals surface area contributed by atoms with Crippen LogP contribution in [-0.4, -0.2) is 63.8 Å². The molecule has 4 rings (SSSR count). The molecule has 3 heterocycles. The highest BCUT2D eigenvalue weighted by atomic mass is 35.5. The standard InChI is InChI=1S/C22H22ClFN4O3/c1-2-31-22(30)28-10-8-27(9-11-28)20(18-6-5-14(24)13-26-18)16-12-17(23)15-4-3-7-25-19(15)21(16)29/h3-7,12-13,20,29H,2,8-11H2,1H3. The molecule has 0 bridgehead atoms. The Hall–Kier alpha value is -2.97. The van der Waals surface area contributed by atoms with Gasteiger partial charge in [0.2, 0.25) is 0 Å². The number of hydrogen-bond donors (Lipinski definition) is 1. The lowest BCUT2D eigenvalue weighted by molar-refractivity contribution is 0.0706. The molecule has 1 atom stereocenters. The van der Waals surface area contributed by atoms with Gasteiger partial charge in [-0.2, -0.15) is 0 Å². The van der Waals surface area contributed by atoms with Gasteiger partial charge in [-0.1, -0.05) is 11.6 Å². The third kappa shape index (κ3) is 4.26. The van der Waals surface area contributed by atoms with Crippen molar-refractivity contribution in [3.05, 3.63) is 64.8 Å². The van der Waals surface area contributed by atoms with Crippen molar-refractivity contribution in [3.63, 3.8) is 0 Å². The Balaban J connectivity index is 1.73. The van der Waals surface area contributed by atoms with Gasteiger partial charge in [0.15, 0.2) is 0 Å². The fourth-order valence-corrected chi connectivity index (χ4v) is 4.15. The summed E-state index contributed by atoms with van der Waals surface area (Å²) in [6.07, 6.45) is 2.39. The van der Waals surface area contributed by atoms with E-state index in [1.54, 1.807) is 42.3 Å². The Morgan fingerprint density at radius 2 is 2.03 bits per heavy atom. The summed E-state index contributed by atoms with van der Waals surface area (Å²) in [6, 6.07) is 7.68. The summed E-state index contributed by atoms with van der Waals surface area (Å²) in [7, 11) is 0. The number of amides is 1. The number of aromatic nitrogens is 2. The van der Waals surface area contributed by atoms with Crippen molar-refractivity contribution < 1.29 is 19.0 Å². The zero-order valence-electron chi connectivity index (χ0n) is 17.0. The summed E-state index contributed by atoms with van der Waals surface area (Å²) in [5.41, 5.74) is 1.48. The molecule has 0 aliphatic carbocycles. The number of phenolic OH excluding ortho intramolecular Hbond substituents is 1. The first-order valence-electron chi connectivity index (χ1n) is 10.0. The zero-order chi connectivity index (χ0) is 22.0. The van der Waals surface area contributed by atoms with Crippen LogP contribution in [0.4, 0.5) is 9.18 Å². The van der Waals surface area contributed by atoms with E-state index in [0.717, 1.165) is 6.20 Å². The van der Waals surface area contributed by atoms with E-state index in [4.69, 9.17) is 16.3 Å². The van der Waals surface area contributed by atoms with Gasteiger partial charge in [0, 0.05) is 43.3 Å². The Kier molecular flexibility index (Phi) is 6.20. The quantitative estimate of drug-likeness (QED) is 0.655. The molecule has 1 saturated heterocycles. The van der Waals surface area contributed by atoms with Crippen LogP contribution in [0.5, 0.6) is 5.75 Å². The molecule has 0 spiro atoms. The molecule has 7 nitrogen and oxygen atoms in total. The molecule has 0 radical (unpaired) electrons. The van der Waals surface area contributed by atoms with Crippen molar-refractivity contribution in [1.82, 2.24) is 19.8 Å². The minimum Gasteiger partial charge on any atom is -0.505 e. The fraction of sp³-hybridized carbons (Fsp3) is 0.318. The molecule has 1 N–H and O–H groups in total. The topological polar surface area (TPSA) is 78.8 Å². The summed E-state index contributed by atoms with van der Waals surface area (Å²) >= 11 is 6.51. The highest BCUT2D eigenvalue weighted by Crippen LogP contribution is 2.40. The van der Waals surface area contributed by atoms with Crippen LogP contribution < -0.4 is 0 Å². The molecule has 162 valence electrons. The van der Waals surface area contributed by atoms with Gasteiger partial charge in [0.25, 0.3) is 0 Å². The van der Waals surface area contributed by atoms with Gasteiger partial charge in [-0.05, 0) is 37.3 Å². The van der Waals surface area contributed by atoms with Crippen LogP contribution in [0, 0.1) is 5.82 Å². The number of ether oxygens (including phenoxy) is 1. The third-order valence-corrected chi connectivity index (χ3v) is 5.69. The number of carbonyl (C=O) groups is 1. The van der Waals surface area contributed by atoms with Gasteiger partial charge in [-0.25, -0.2) is 9.18 Å². The van der Waals surface area contributed by atoms with E-state index in [2.05, 4.69) is 14.9 Å². The Morgan fingerprint density at radius 3 is 2.71 bits per heavy atom. The second kappa shape index (κ2) is 9.03. The van der Waals surface area contributed by atoms with Crippen molar-refractivity contribution in [1.29, 1.82) is 0 Å². The minimum atomic E-state index is -0.492. The molecule has 1 unspecified atom stereocenters. The number of nitrogens with zero attached hydrogens (tertiary/aromatic N) is 4. The number of piperazine rings is 1. The largest absolute Gasteiger partial charge is 0.505 e. The molecule has 1 aliphatic rings. The molecule has 0 saturated carbocycles. The second-order valence-electron chi connectivity index (χ2n) is 7.22. The molecule has 31 heavy (non-hydrogen) atoms. The van der Waals surface area contributed by atoms with E-state index in [1.807, 2.05) is 0 Å². The van der Waals surface area contributed by atoms with E-state index in [-0.39, 0.29) is 11.8 Å². The maximum atomic E-state index is 13.5. The summed E-state index contributed by atoms with van der Waals surface area (Å²) in [4.78, 5) is 24.3. The average Bonchev–Trinajstić information content (AvgIpc) is 2.79. The lowest BCUT2D eigenvalue weighted by Gasteiger charge is -2.39. The lowest BCUT2D eigenvalue weighted by Crippen LogP contribution is -2.50. The summed E-state index contributed by atoms with van der Waals surface area (Å²) in [5.74, 6) is -0.444. The Bertz CT molecular complexity index is 1090. The summed E-state index contributed by atoms with van der Waals surface area (Å²) in [5, 5.41) is 12.2. The highest BCUT2D eigenvalue weighted by Gasteiger charge is 2.32. The maximum absolute atomic E-state index is 13.5. The number of carbonyl (C=O) groups excluding carboxylic acids is 1. The van der Waals surface area contributed by atoms with Gasteiger partial charge in [-0.3, -0.25) is 14.9 Å². The van der Waals surface area contributed by atoms with Crippen LogP contribution >= 0.6 is 11.6 Å². The highest BCUT2D eigenvalue weighted by molar-refractivity contribution is 6.35. The first-order valence-corrected chi connectivity index (χ1v) is 10.4. The van der Waals surface area contributed by atoms with Gasteiger partial charge < -0.3 is 14.7 Å². The zero-order valence-corrected chi connectivity index (χ0v) is 17.7. The van der Waals surface area contributed by atoms with Crippen molar-refractivity contribution in [2.75, 3.05) is 32.8 Å². The van der Waals surface area contributed by atoms with Gasteiger partial charge in [0.05, 0.1) is 29.6 Å². The van der Waals surface area contributed by atoms with E-state index in [0.29, 0.717) is 60.0 Å². The van der Waals surface area contributed by atoms with E-state index >= 15 is 0 Å². The van der Waals surface area contributed by atoms with Crippen LogP contribution in [0.3, 0.4) is 0 Å². The number of hydrogen-bond acceptors (Lipinski definition) is 6. The summed E-state index contributed by atoms with van der Waals surface area (Å²) < 4.78 is 18.6. The van der Waals surface area contributed by atoms with Crippen molar-refractivity contribution in [3.8, 4) is 5.75 Å². The average molecular weight is 445 g/mol. The van der Waals surface area contributed by atoms with Crippen molar-refractivity contribution in [2.45, 2.75) is 13.0 Å². The SMILES string of the molecule is CCOC(=O)N1CCN(C(c2ccc(F)cn2)c2cc(Cl)c3cccnc3c2O)CC1. The summed E-state index contributed by atoms with van der Waals surface area (Å²) in [6.45, 7) is 4.02. The van der Waals surface area contributed by atoms with Gasteiger partial charge >= 0.3 is 6.09 Å². The minimum absolute atomic E-state index is 0.00365. The monoisotopic (exact) mass is 444 g/mol. The first-order chi connectivity index (χ1) is 15.0. The van der Waals surface area contributed by atoms with Crippen molar-refractivity contribution in [2.24, 2.45) is 0 Å². The van der Waals surface area contributed by atoms with Gasteiger partial charge in [-0.15, -0.1) is 0 Å². The Labute approximate surface area is 184 Å². The predicted molar refractivity (Wildman–Crippen MR) is 115 cm³/mol. The molecule has 1 amide bonds. The third-order valence-electron chi connectivity index (χ3n) is 5.38. The number of halogens is 2. The van der Waals surface area contributed by atoms with Crippen LogP contribution in [0.1, 0.15) is 24.2 Å². The smallest absolute Gasteiger partial charge is 0.409 e. The fourth-order valence-electron chi connectivity index (χ4n) is 3.88. The van der Waals surface area contributed by atoms with E-state index in [9.17, 15) is 14.3 Å². The van der Waals surface area contributed by atoms with Crippen LogP contribution in [-0.2, 0) is 4.74 Å². The van der Waals surface area contributed by atoms with Crippen LogP contribution in [0.2, 0.25) is 5.02 Å². The maximum Gasteiger partial charge on any atom is 0.409 e. The number of fused-ring (bicyclic) bond motifs is 1. The van der Waals surface area contributed by atoms with E-state index in [1.165, 1.54) is 6.07 Å². The van der Waals surface area contributed by atoms with Gasteiger partial charge in [0.1, 0.15) is 17.1 Å². The number of pyridine rings is 2. The normalized spacial score (nSPS) is 15.8. The van der Waals surface area contributed by atoms with Crippen LogP contribution in [0.15, 0.2) is 42.7 Å². The number of phenols is 1.